The molecular weight excluding hydrogens is 400 g/mol. The number of anilines is 1. The topological polar surface area (TPSA) is 97.5 Å². The van der Waals surface area contributed by atoms with E-state index in [0.717, 1.165) is 20.9 Å². The van der Waals surface area contributed by atoms with Gasteiger partial charge in [-0.15, -0.1) is 0 Å². The highest BCUT2D eigenvalue weighted by molar-refractivity contribution is 7.12. The molecule has 2 N–H and O–H groups in total. The van der Waals surface area contributed by atoms with Gasteiger partial charge in [0.05, 0.1) is 17.2 Å². The van der Waals surface area contributed by atoms with Crippen LogP contribution in [0.25, 0.3) is 10.6 Å². The number of nitrogens with one attached hydrogen (secondary N) is 1. The van der Waals surface area contributed by atoms with Crippen molar-refractivity contribution in [3.05, 3.63) is 47.2 Å². The smallest absolute Gasteiger partial charge is 0.223 e. The van der Waals surface area contributed by atoms with Crippen molar-refractivity contribution in [1.29, 1.82) is 0 Å². The van der Waals surface area contributed by atoms with Crippen LogP contribution >= 0.6 is 11.3 Å². The summed E-state index contributed by atoms with van der Waals surface area (Å²) >= 11 is 1.51. The molecule has 0 amide bonds. The molecule has 0 radical (unpaired) electrons. The van der Waals surface area contributed by atoms with Crippen LogP contribution < -0.4 is 10.1 Å². The van der Waals surface area contributed by atoms with E-state index >= 15 is 0 Å². The number of ether oxygens (including phenoxy) is 1. The summed E-state index contributed by atoms with van der Waals surface area (Å²) in [6.07, 6.45) is 11.6. The van der Waals surface area contributed by atoms with E-state index in [2.05, 4.69) is 20.3 Å². The van der Waals surface area contributed by atoms with Gasteiger partial charge in [0.1, 0.15) is 6.73 Å². The summed E-state index contributed by atoms with van der Waals surface area (Å²) in [5, 5.41) is 12.8. The van der Waals surface area contributed by atoms with Crippen molar-refractivity contribution in [2.45, 2.75) is 51.5 Å². The number of aliphatic hydroxyl groups excluding tert-OH is 1. The van der Waals surface area contributed by atoms with E-state index in [1.54, 1.807) is 31.6 Å². The second-order valence-electron chi connectivity index (χ2n) is 7.30. The molecule has 1 saturated carbocycles. The second kappa shape index (κ2) is 9.92. The highest BCUT2D eigenvalue weighted by Gasteiger charge is 2.15. The van der Waals surface area contributed by atoms with E-state index in [4.69, 9.17) is 9.72 Å². The van der Waals surface area contributed by atoms with Crippen LogP contribution in [-0.4, -0.2) is 37.8 Å². The third-order valence-corrected chi connectivity index (χ3v) is 6.08. The van der Waals surface area contributed by atoms with Crippen molar-refractivity contribution in [2.75, 3.05) is 12.4 Å². The Hall–Kier alpha value is -2.62. The number of thiazole rings is 1. The molecule has 8 nitrogen and oxygen atoms in total. The lowest BCUT2D eigenvalue weighted by Gasteiger charge is -2.22. The predicted molar refractivity (Wildman–Crippen MR) is 116 cm³/mol. The first-order valence-electron chi connectivity index (χ1n) is 10.1. The molecule has 0 aromatic carbocycles. The van der Waals surface area contributed by atoms with Crippen LogP contribution in [0, 0.1) is 0 Å². The SMILES string of the molecule is COCn1cc(-c2ccnc(NC3CCCCC3)n2)s/c1=N\c1cc(CO)ccn1. The largest absolute Gasteiger partial charge is 0.392 e. The van der Waals surface area contributed by atoms with E-state index in [0.29, 0.717) is 24.5 Å². The summed E-state index contributed by atoms with van der Waals surface area (Å²) in [6, 6.07) is 5.90. The Kier molecular flexibility index (Phi) is 6.83. The van der Waals surface area contributed by atoms with Crippen molar-refractivity contribution in [2.24, 2.45) is 4.99 Å². The predicted octanol–water partition coefficient (Wildman–Crippen LogP) is 3.47. The molecule has 3 aromatic heterocycles. The summed E-state index contributed by atoms with van der Waals surface area (Å²) in [6.45, 7) is 0.323. The molecule has 1 fully saturated rings. The number of nitrogens with zero attached hydrogens (tertiary/aromatic N) is 5. The fraction of sp³-hybridized carbons (Fsp3) is 0.429. The third-order valence-electron chi connectivity index (χ3n) is 5.04. The molecule has 158 valence electrons. The maximum Gasteiger partial charge on any atom is 0.223 e. The minimum absolute atomic E-state index is 0.0451. The second-order valence-corrected chi connectivity index (χ2v) is 8.31. The molecule has 30 heavy (non-hydrogen) atoms. The number of methoxy groups -OCH3 is 1. The Balaban J connectivity index is 1.64. The van der Waals surface area contributed by atoms with Gasteiger partial charge in [0.15, 0.2) is 10.6 Å². The highest BCUT2D eigenvalue weighted by atomic mass is 32.1. The van der Waals surface area contributed by atoms with Crippen molar-refractivity contribution < 1.29 is 9.84 Å². The van der Waals surface area contributed by atoms with Gasteiger partial charge in [0, 0.05) is 31.7 Å². The zero-order valence-electron chi connectivity index (χ0n) is 17.0. The molecule has 0 saturated heterocycles. The van der Waals surface area contributed by atoms with Gasteiger partial charge in [-0.25, -0.2) is 19.9 Å². The maximum atomic E-state index is 9.35. The zero-order chi connectivity index (χ0) is 20.8. The lowest BCUT2D eigenvalue weighted by molar-refractivity contribution is 0.129. The number of aromatic nitrogens is 4. The number of hydrogen-bond donors (Lipinski definition) is 2. The van der Waals surface area contributed by atoms with Crippen molar-refractivity contribution in [3.8, 4) is 10.6 Å². The van der Waals surface area contributed by atoms with Crippen LogP contribution in [0.15, 0.2) is 41.8 Å². The van der Waals surface area contributed by atoms with E-state index in [1.165, 1.54) is 43.4 Å². The van der Waals surface area contributed by atoms with Crippen molar-refractivity contribution in [3.63, 3.8) is 0 Å². The van der Waals surface area contributed by atoms with Crippen LogP contribution in [0.5, 0.6) is 0 Å². The van der Waals surface area contributed by atoms with Gasteiger partial charge in [-0.2, -0.15) is 0 Å². The van der Waals surface area contributed by atoms with Gasteiger partial charge in [-0.05, 0) is 36.6 Å². The third kappa shape index (κ3) is 5.10. The first-order valence-corrected chi connectivity index (χ1v) is 11.0. The molecule has 3 heterocycles. The molecule has 0 bridgehead atoms. The number of rotatable bonds is 7. The average molecular weight is 427 g/mol. The van der Waals surface area contributed by atoms with E-state index in [9.17, 15) is 5.11 Å². The Bertz CT molecular complexity index is 1040. The molecule has 9 heteroatoms. The molecule has 0 unspecified atom stereocenters. The van der Waals surface area contributed by atoms with Gasteiger partial charge in [0.2, 0.25) is 5.95 Å². The molecule has 1 aliphatic rings. The summed E-state index contributed by atoms with van der Waals surface area (Å²) in [5.74, 6) is 1.21. The fourth-order valence-corrected chi connectivity index (χ4v) is 4.49. The number of aliphatic hydroxyl groups is 1. The Morgan fingerprint density at radius 1 is 1.23 bits per heavy atom. The molecule has 0 spiro atoms. The minimum Gasteiger partial charge on any atom is -0.392 e. The van der Waals surface area contributed by atoms with E-state index < -0.39 is 0 Å². The molecule has 1 aliphatic carbocycles. The number of pyridine rings is 1. The van der Waals surface area contributed by atoms with Gasteiger partial charge in [-0.1, -0.05) is 30.6 Å². The molecule has 4 rings (SSSR count). The van der Waals surface area contributed by atoms with Crippen molar-refractivity contribution in [1.82, 2.24) is 19.5 Å². The fourth-order valence-electron chi connectivity index (χ4n) is 3.53. The highest BCUT2D eigenvalue weighted by Crippen LogP contribution is 2.24. The Morgan fingerprint density at radius 3 is 2.87 bits per heavy atom. The van der Waals surface area contributed by atoms with Crippen LogP contribution in [0.1, 0.15) is 37.7 Å². The maximum absolute atomic E-state index is 9.35. The first-order chi connectivity index (χ1) is 14.7. The summed E-state index contributed by atoms with van der Waals surface area (Å²) < 4.78 is 7.25. The standard InChI is InChI=1S/C21H26N6O2S/c1-29-14-27-12-18(30-21(27)26-19-11-15(13-28)7-9-22-19)17-8-10-23-20(25-17)24-16-5-3-2-4-6-16/h7-12,16,28H,2-6,13-14H2,1H3,(H,23,24,25)/b26-21-. The Labute approximate surface area is 179 Å². The summed E-state index contributed by atoms with van der Waals surface area (Å²) in [7, 11) is 1.65. The lowest BCUT2D eigenvalue weighted by Crippen LogP contribution is -2.23. The van der Waals surface area contributed by atoms with Gasteiger partial charge in [0.25, 0.3) is 0 Å². The number of hydrogen-bond acceptors (Lipinski definition) is 8. The molecule has 3 aromatic rings. The first kappa shape index (κ1) is 20.6. The van der Waals surface area contributed by atoms with Crippen LogP contribution in [0.2, 0.25) is 0 Å². The lowest BCUT2D eigenvalue weighted by atomic mass is 9.96. The molecular formula is C21H26N6O2S. The minimum atomic E-state index is -0.0451. The van der Waals surface area contributed by atoms with Crippen LogP contribution in [-0.2, 0) is 18.1 Å². The quantitative estimate of drug-likeness (QED) is 0.600. The zero-order valence-corrected chi connectivity index (χ0v) is 17.8. The molecule has 0 atom stereocenters. The van der Waals surface area contributed by atoms with Gasteiger partial charge < -0.3 is 15.2 Å². The molecule has 0 aliphatic heterocycles. The summed E-state index contributed by atoms with van der Waals surface area (Å²) in [4.78, 5) is 19.8. The van der Waals surface area contributed by atoms with Gasteiger partial charge in [-0.3, -0.25) is 4.57 Å². The Morgan fingerprint density at radius 2 is 2.07 bits per heavy atom. The van der Waals surface area contributed by atoms with E-state index in [-0.39, 0.29) is 6.61 Å². The summed E-state index contributed by atoms with van der Waals surface area (Å²) in [5.41, 5.74) is 1.62. The van der Waals surface area contributed by atoms with Crippen LogP contribution in [0.4, 0.5) is 11.8 Å². The average Bonchev–Trinajstić information content (AvgIpc) is 3.17. The van der Waals surface area contributed by atoms with Gasteiger partial charge >= 0.3 is 0 Å². The normalized spacial score (nSPS) is 15.5. The van der Waals surface area contributed by atoms with E-state index in [1.807, 2.05) is 16.8 Å². The van der Waals surface area contributed by atoms with Crippen molar-refractivity contribution >= 4 is 23.1 Å². The van der Waals surface area contributed by atoms with Crippen LogP contribution in [0.3, 0.4) is 0 Å². The monoisotopic (exact) mass is 426 g/mol.